The summed E-state index contributed by atoms with van der Waals surface area (Å²) in [6.45, 7) is 4.78. The van der Waals surface area contributed by atoms with Gasteiger partial charge < -0.3 is 14.2 Å². The third-order valence-corrected chi connectivity index (χ3v) is 4.80. The third kappa shape index (κ3) is 5.81. The van der Waals surface area contributed by atoms with Gasteiger partial charge in [-0.05, 0) is 31.5 Å². The number of aromatic nitrogens is 2. The van der Waals surface area contributed by atoms with Crippen LogP contribution in [0.2, 0.25) is 5.15 Å². The molecule has 1 aliphatic heterocycles. The van der Waals surface area contributed by atoms with Crippen molar-refractivity contribution in [3.8, 4) is 5.88 Å². The largest absolute Gasteiger partial charge is 0.477 e. The van der Waals surface area contributed by atoms with Crippen LogP contribution in [0, 0.1) is 5.82 Å². The van der Waals surface area contributed by atoms with E-state index < -0.39 is 5.79 Å². The van der Waals surface area contributed by atoms with Gasteiger partial charge in [0.05, 0.1) is 19.3 Å². The standard InChI is InChI=1S/C18H20ClFN2O3S/c1-18(2)24-10-14(25-18)7-8-23-16-9-15(19)21-17(22-16)26-11-12-3-5-13(20)6-4-12/h3-6,9,14H,7-8,10-11H2,1-2H3/t14-/m1/s1. The molecule has 0 saturated carbocycles. The van der Waals surface area contributed by atoms with Crippen molar-refractivity contribution in [2.75, 3.05) is 13.2 Å². The Morgan fingerprint density at radius 2 is 2.08 bits per heavy atom. The Labute approximate surface area is 161 Å². The highest BCUT2D eigenvalue weighted by atomic mass is 35.5. The van der Waals surface area contributed by atoms with Crippen molar-refractivity contribution in [1.82, 2.24) is 9.97 Å². The molecule has 0 radical (unpaired) electrons. The fourth-order valence-corrected chi connectivity index (χ4v) is 3.47. The number of thioether (sulfide) groups is 1. The molecule has 0 unspecified atom stereocenters. The van der Waals surface area contributed by atoms with Crippen molar-refractivity contribution in [3.05, 3.63) is 46.9 Å². The lowest BCUT2D eigenvalue weighted by atomic mass is 10.2. The number of halogens is 2. The third-order valence-electron chi connectivity index (χ3n) is 3.69. The van der Waals surface area contributed by atoms with Crippen LogP contribution in [-0.2, 0) is 15.2 Å². The maximum atomic E-state index is 12.9. The molecule has 8 heteroatoms. The van der Waals surface area contributed by atoms with Gasteiger partial charge in [-0.3, -0.25) is 0 Å². The van der Waals surface area contributed by atoms with E-state index >= 15 is 0 Å². The predicted molar refractivity (Wildman–Crippen MR) is 98.0 cm³/mol. The molecule has 1 aliphatic rings. The van der Waals surface area contributed by atoms with Crippen LogP contribution in [0.1, 0.15) is 25.8 Å². The number of rotatable bonds is 7. The van der Waals surface area contributed by atoms with Crippen molar-refractivity contribution < 1.29 is 18.6 Å². The molecule has 0 spiro atoms. The molecule has 5 nitrogen and oxygen atoms in total. The fraction of sp³-hybridized carbons (Fsp3) is 0.444. The number of hydrogen-bond acceptors (Lipinski definition) is 6. The Balaban J connectivity index is 1.51. The summed E-state index contributed by atoms with van der Waals surface area (Å²) < 4.78 is 29.9. The smallest absolute Gasteiger partial charge is 0.218 e. The zero-order valence-electron chi connectivity index (χ0n) is 14.6. The van der Waals surface area contributed by atoms with Gasteiger partial charge in [0.2, 0.25) is 5.88 Å². The normalized spacial score (nSPS) is 18.8. The molecule has 3 rings (SSSR count). The van der Waals surface area contributed by atoms with Crippen molar-refractivity contribution in [1.29, 1.82) is 0 Å². The van der Waals surface area contributed by atoms with E-state index in [0.717, 1.165) is 5.56 Å². The Bertz CT molecular complexity index is 746. The molecule has 0 bridgehead atoms. The summed E-state index contributed by atoms with van der Waals surface area (Å²) in [6, 6.07) is 7.91. The topological polar surface area (TPSA) is 53.5 Å². The summed E-state index contributed by atoms with van der Waals surface area (Å²) in [5.41, 5.74) is 0.975. The molecule has 2 aromatic rings. The SMILES string of the molecule is CC1(C)OC[C@@H](CCOc2cc(Cl)nc(SCc3ccc(F)cc3)n2)O1. The molecule has 26 heavy (non-hydrogen) atoms. The van der Waals surface area contributed by atoms with Crippen LogP contribution in [0.5, 0.6) is 5.88 Å². The van der Waals surface area contributed by atoms with E-state index in [1.807, 2.05) is 13.8 Å². The van der Waals surface area contributed by atoms with Crippen LogP contribution in [0.3, 0.4) is 0 Å². The van der Waals surface area contributed by atoms with E-state index in [1.54, 1.807) is 18.2 Å². The van der Waals surface area contributed by atoms with Crippen LogP contribution < -0.4 is 4.74 Å². The second-order valence-corrected chi connectivity index (χ2v) is 7.64. The predicted octanol–water partition coefficient (Wildman–Crippen LogP) is 4.48. The number of nitrogens with zero attached hydrogens (tertiary/aromatic N) is 2. The molecule has 1 saturated heterocycles. The summed E-state index contributed by atoms with van der Waals surface area (Å²) >= 11 is 7.47. The molecule has 0 N–H and O–H groups in total. The zero-order chi connectivity index (χ0) is 18.6. The van der Waals surface area contributed by atoms with Gasteiger partial charge in [-0.1, -0.05) is 35.5 Å². The monoisotopic (exact) mass is 398 g/mol. The van der Waals surface area contributed by atoms with Gasteiger partial charge >= 0.3 is 0 Å². The molecule has 0 amide bonds. The molecular formula is C18H20ClFN2O3S. The molecule has 1 aromatic carbocycles. The maximum absolute atomic E-state index is 12.9. The van der Waals surface area contributed by atoms with Crippen LogP contribution in [-0.4, -0.2) is 35.1 Å². The van der Waals surface area contributed by atoms with Gasteiger partial charge in [-0.2, -0.15) is 4.98 Å². The second-order valence-electron chi connectivity index (χ2n) is 6.31. The lowest BCUT2D eigenvalue weighted by molar-refractivity contribution is -0.139. The van der Waals surface area contributed by atoms with Gasteiger partial charge in [0.25, 0.3) is 0 Å². The van der Waals surface area contributed by atoms with Crippen LogP contribution in [0.25, 0.3) is 0 Å². The first-order valence-corrected chi connectivity index (χ1v) is 9.62. The van der Waals surface area contributed by atoms with Crippen molar-refractivity contribution in [2.24, 2.45) is 0 Å². The first-order valence-electron chi connectivity index (χ1n) is 8.26. The molecular weight excluding hydrogens is 379 g/mol. The second kappa shape index (κ2) is 8.52. The van der Waals surface area contributed by atoms with E-state index in [0.29, 0.717) is 41.6 Å². The van der Waals surface area contributed by atoms with Gasteiger partial charge in [0.1, 0.15) is 11.0 Å². The summed E-state index contributed by atoms with van der Waals surface area (Å²) in [7, 11) is 0. The summed E-state index contributed by atoms with van der Waals surface area (Å²) in [6.07, 6.45) is 0.706. The number of benzene rings is 1. The summed E-state index contributed by atoms with van der Waals surface area (Å²) in [5.74, 6) is 0.244. The number of ether oxygens (including phenoxy) is 3. The molecule has 0 aliphatic carbocycles. The molecule has 2 heterocycles. The highest BCUT2D eigenvalue weighted by Gasteiger charge is 2.32. The number of hydrogen-bond donors (Lipinski definition) is 0. The zero-order valence-corrected chi connectivity index (χ0v) is 16.1. The van der Waals surface area contributed by atoms with Crippen molar-refractivity contribution in [3.63, 3.8) is 0 Å². The summed E-state index contributed by atoms with van der Waals surface area (Å²) in [4.78, 5) is 8.55. The van der Waals surface area contributed by atoms with Crippen molar-refractivity contribution >= 4 is 23.4 Å². The maximum Gasteiger partial charge on any atom is 0.218 e. The minimum absolute atomic E-state index is 0.00892. The van der Waals surface area contributed by atoms with E-state index in [-0.39, 0.29) is 11.9 Å². The average Bonchev–Trinajstić information content (AvgIpc) is 2.93. The molecule has 140 valence electrons. The Kier molecular flexibility index (Phi) is 6.34. The summed E-state index contributed by atoms with van der Waals surface area (Å²) in [5, 5.41) is 0.830. The Hall–Kier alpha value is -1.41. The fourth-order valence-electron chi connectivity index (χ4n) is 2.44. The van der Waals surface area contributed by atoms with Crippen LogP contribution in [0.15, 0.2) is 35.5 Å². The highest BCUT2D eigenvalue weighted by Crippen LogP contribution is 2.26. The molecule has 1 atom stereocenters. The van der Waals surface area contributed by atoms with E-state index in [4.69, 9.17) is 25.8 Å². The van der Waals surface area contributed by atoms with Crippen LogP contribution in [0.4, 0.5) is 4.39 Å². The minimum atomic E-state index is -0.535. The first-order chi connectivity index (χ1) is 12.4. The average molecular weight is 399 g/mol. The van der Waals surface area contributed by atoms with E-state index in [9.17, 15) is 4.39 Å². The lowest BCUT2D eigenvalue weighted by Gasteiger charge is -2.17. The quantitative estimate of drug-likeness (QED) is 0.389. The van der Waals surface area contributed by atoms with Gasteiger partial charge in [-0.15, -0.1) is 0 Å². The molecule has 1 aromatic heterocycles. The van der Waals surface area contributed by atoms with Crippen LogP contribution >= 0.6 is 23.4 Å². The first kappa shape index (κ1) is 19.4. The molecule has 1 fully saturated rings. The highest BCUT2D eigenvalue weighted by molar-refractivity contribution is 7.98. The van der Waals surface area contributed by atoms with E-state index in [1.165, 1.54) is 23.9 Å². The van der Waals surface area contributed by atoms with Gasteiger partial charge in [0, 0.05) is 18.2 Å². The van der Waals surface area contributed by atoms with Crippen molar-refractivity contribution in [2.45, 2.75) is 43.1 Å². The minimum Gasteiger partial charge on any atom is -0.477 e. The Morgan fingerprint density at radius 3 is 2.77 bits per heavy atom. The van der Waals surface area contributed by atoms with Gasteiger partial charge in [0.15, 0.2) is 10.9 Å². The Morgan fingerprint density at radius 1 is 1.31 bits per heavy atom. The van der Waals surface area contributed by atoms with E-state index in [2.05, 4.69) is 9.97 Å². The lowest BCUT2D eigenvalue weighted by Crippen LogP contribution is -2.22. The van der Waals surface area contributed by atoms with Gasteiger partial charge in [-0.25, -0.2) is 9.37 Å².